The maximum Gasteiger partial charge on any atom is 0.332 e. The molecular weight excluding hydrogens is 282 g/mol. The molecule has 0 fully saturated rings. The molecule has 1 heterocycles. The number of nitrogens with two attached hydrogens (primary N) is 1. The minimum absolute atomic E-state index is 0.257. The van der Waals surface area contributed by atoms with Gasteiger partial charge in [0.05, 0.1) is 12.3 Å². The molecule has 110 valence electrons. The van der Waals surface area contributed by atoms with Gasteiger partial charge in [0.25, 0.3) is 0 Å². The highest BCUT2D eigenvalue weighted by molar-refractivity contribution is 8.01. The SMILES string of the molecule is CCOC(=O)C(Sc1nccn1C)/C(C)=N/NC(N)=O. The number of esters is 1. The van der Waals surface area contributed by atoms with Crippen LogP contribution in [-0.2, 0) is 16.6 Å². The van der Waals surface area contributed by atoms with E-state index >= 15 is 0 Å². The summed E-state index contributed by atoms with van der Waals surface area (Å²) in [5.74, 6) is -0.451. The van der Waals surface area contributed by atoms with Gasteiger partial charge in [0.2, 0.25) is 0 Å². The van der Waals surface area contributed by atoms with Gasteiger partial charge in [0.15, 0.2) is 5.16 Å². The molecule has 0 saturated heterocycles. The first-order valence-corrected chi connectivity index (χ1v) is 6.74. The highest BCUT2D eigenvalue weighted by Gasteiger charge is 2.26. The van der Waals surface area contributed by atoms with E-state index < -0.39 is 17.3 Å². The number of nitrogens with zero attached hydrogens (tertiary/aromatic N) is 3. The van der Waals surface area contributed by atoms with Gasteiger partial charge in [-0.15, -0.1) is 0 Å². The van der Waals surface area contributed by atoms with Crippen LogP contribution >= 0.6 is 11.8 Å². The van der Waals surface area contributed by atoms with Crippen molar-refractivity contribution in [2.75, 3.05) is 6.61 Å². The van der Waals surface area contributed by atoms with Crippen LogP contribution in [0.5, 0.6) is 0 Å². The van der Waals surface area contributed by atoms with Crippen molar-refractivity contribution in [3.8, 4) is 0 Å². The lowest BCUT2D eigenvalue weighted by Gasteiger charge is -2.14. The number of hydrogen-bond donors (Lipinski definition) is 2. The van der Waals surface area contributed by atoms with Gasteiger partial charge < -0.3 is 15.0 Å². The van der Waals surface area contributed by atoms with Crippen molar-refractivity contribution in [3.05, 3.63) is 12.4 Å². The number of hydrazone groups is 1. The van der Waals surface area contributed by atoms with Crippen molar-refractivity contribution in [3.63, 3.8) is 0 Å². The number of aryl methyl sites for hydroxylation is 1. The fraction of sp³-hybridized carbons (Fsp3) is 0.455. The van der Waals surface area contributed by atoms with E-state index in [1.54, 1.807) is 30.8 Å². The average Bonchev–Trinajstić information content (AvgIpc) is 2.78. The second-order valence-corrected chi connectivity index (χ2v) is 4.87. The van der Waals surface area contributed by atoms with Crippen molar-refractivity contribution in [1.29, 1.82) is 0 Å². The Balaban J connectivity index is 2.90. The second-order valence-electron chi connectivity index (χ2n) is 3.80. The van der Waals surface area contributed by atoms with E-state index in [4.69, 9.17) is 10.5 Å². The maximum absolute atomic E-state index is 12.0. The van der Waals surface area contributed by atoms with Crippen LogP contribution in [0.4, 0.5) is 4.79 Å². The molecule has 0 aromatic carbocycles. The lowest BCUT2D eigenvalue weighted by molar-refractivity contribution is -0.141. The summed E-state index contributed by atoms with van der Waals surface area (Å²) in [5, 5.41) is 3.70. The van der Waals surface area contributed by atoms with Gasteiger partial charge in [-0.05, 0) is 13.8 Å². The van der Waals surface area contributed by atoms with Crippen molar-refractivity contribution in [2.24, 2.45) is 17.9 Å². The van der Waals surface area contributed by atoms with E-state index in [0.29, 0.717) is 10.9 Å². The predicted octanol–water partition coefficient (Wildman–Crippen LogP) is 0.488. The molecule has 20 heavy (non-hydrogen) atoms. The molecule has 9 heteroatoms. The van der Waals surface area contributed by atoms with Crippen molar-refractivity contribution in [2.45, 2.75) is 24.3 Å². The minimum atomic E-state index is -0.797. The highest BCUT2D eigenvalue weighted by Crippen LogP contribution is 2.23. The van der Waals surface area contributed by atoms with Crippen LogP contribution in [0.3, 0.4) is 0 Å². The molecule has 1 aromatic heterocycles. The Labute approximate surface area is 120 Å². The number of ether oxygens (including phenoxy) is 1. The molecule has 0 bridgehead atoms. The topological polar surface area (TPSA) is 112 Å². The Hall–Kier alpha value is -2.03. The summed E-state index contributed by atoms with van der Waals surface area (Å²) in [6.07, 6.45) is 3.39. The van der Waals surface area contributed by atoms with Gasteiger partial charge >= 0.3 is 12.0 Å². The third-order valence-corrected chi connectivity index (χ3v) is 3.60. The van der Waals surface area contributed by atoms with E-state index in [2.05, 4.69) is 15.5 Å². The zero-order valence-corrected chi connectivity index (χ0v) is 12.3. The minimum Gasteiger partial charge on any atom is -0.465 e. The molecule has 0 saturated carbocycles. The number of nitrogens with one attached hydrogen (secondary N) is 1. The fourth-order valence-electron chi connectivity index (χ4n) is 1.29. The van der Waals surface area contributed by atoms with Crippen molar-refractivity contribution < 1.29 is 14.3 Å². The first-order chi connectivity index (χ1) is 9.45. The summed E-state index contributed by atoms with van der Waals surface area (Å²) in [5.41, 5.74) is 7.41. The Bertz CT molecular complexity index is 514. The first-order valence-electron chi connectivity index (χ1n) is 5.86. The molecule has 1 atom stereocenters. The molecule has 1 aromatic rings. The zero-order chi connectivity index (χ0) is 15.1. The van der Waals surface area contributed by atoms with Gasteiger partial charge in [0, 0.05) is 19.4 Å². The predicted molar refractivity (Wildman–Crippen MR) is 75.3 cm³/mol. The third kappa shape index (κ3) is 4.57. The number of thioether (sulfide) groups is 1. The average molecular weight is 299 g/mol. The van der Waals surface area contributed by atoms with Crippen LogP contribution < -0.4 is 11.2 Å². The Morgan fingerprint density at radius 1 is 1.65 bits per heavy atom. The molecule has 3 N–H and O–H groups in total. The Morgan fingerprint density at radius 3 is 2.85 bits per heavy atom. The lowest BCUT2D eigenvalue weighted by atomic mass is 10.3. The lowest BCUT2D eigenvalue weighted by Crippen LogP contribution is -2.32. The van der Waals surface area contributed by atoms with Gasteiger partial charge in [-0.1, -0.05) is 11.8 Å². The van der Waals surface area contributed by atoms with Gasteiger partial charge in [-0.2, -0.15) is 5.10 Å². The normalized spacial score (nSPS) is 12.8. The summed E-state index contributed by atoms with van der Waals surface area (Å²) in [4.78, 5) is 26.7. The Morgan fingerprint density at radius 2 is 2.35 bits per heavy atom. The number of aromatic nitrogens is 2. The largest absolute Gasteiger partial charge is 0.465 e. The number of rotatable bonds is 6. The van der Waals surface area contributed by atoms with E-state index in [0.717, 1.165) is 0 Å². The summed E-state index contributed by atoms with van der Waals surface area (Å²) >= 11 is 1.18. The summed E-state index contributed by atoms with van der Waals surface area (Å²) in [6.45, 7) is 3.58. The van der Waals surface area contributed by atoms with E-state index in [-0.39, 0.29) is 6.61 Å². The Kier molecular flexibility index (Phi) is 6.04. The molecule has 8 nitrogen and oxygen atoms in total. The number of primary amides is 1. The molecule has 0 radical (unpaired) electrons. The molecule has 1 rings (SSSR count). The number of carbonyl (C=O) groups is 2. The second kappa shape index (κ2) is 7.53. The summed E-state index contributed by atoms with van der Waals surface area (Å²) in [6, 6.07) is -0.797. The molecule has 0 aliphatic carbocycles. The third-order valence-electron chi connectivity index (χ3n) is 2.22. The molecular formula is C11H17N5O3S. The van der Waals surface area contributed by atoms with E-state index in [1.807, 2.05) is 7.05 Å². The number of amides is 2. The van der Waals surface area contributed by atoms with Crippen molar-refractivity contribution in [1.82, 2.24) is 15.0 Å². The van der Waals surface area contributed by atoms with Gasteiger partial charge in [-0.3, -0.25) is 4.79 Å². The standard InChI is InChI=1S/C11H17N5O3S/c1-4-19-9(17)8(7(2)14-15-10(12)18)20-11-13-5-6-16(11)3/h5-6,8H,4H2,1-3H3,(H3,12,15,18)/b14-7+. The quantitative estimate of drug-likeness (QED) is 0.343. The van der Waals surface area contributed by atoms with Crippen LogP contribution in [0.1, 0.15) is 13.8 Å². The number of imidazole rings is 1. The molecule has 0 spiro atoms. The number of carbonyl (C=O) groups excluding carboxylic acids is 2. The van der Waals surface area contributed by atoms with Crippen LogP contribution in [0.15, 0.2) is 22.7 Å². The van der Waals surface area contributed by atoms with Crippen molar-refractivity contribution >= 4 is 29.5 Å². The fourth-order valence-corrected chi connectivity index (χ4v) is 2.24. The first kappa shape index (κ1) is 16.0. The molecule has 0 aliphatic heterocycles. The van der Waals surface area contributed by atoms with E-state index in [9.17, 15) is 9.59 Å². The summed E-state index contributed by atoms with van der Waals surface area (Å²) in [7, 11) is 1.81. The summed E-state index contributed by atoms with van der Waals surface area (Å²) < 4.78 is 6.77. The van der Waals surface area contributed by atoms with E-state index in [1.165, 1.54) is 11.8 Å². The number of hydrogen-bond acceptors (Lipinski definition) is 6. The zero-order valence-electron chi connectivity index (χ0n) is 11.5. The highest BCUT2D eigenvalue weighted by atomic mass is 32.2. The monoisotopic (exact) mass is 299 g/mol. The van der Waals surface area contributed by atoms with Crippen LogP contribution in [0, 0.1) is 0 Å². The van der Waals surface area contributed by atoms with Crippen LogP contribution in [0.2, 0.25) is 0 Å². The molecule has 1 unspecified atom stereocenters. The van der Waals surface area contributed by atoms with Crippen LogP contribution in [-0.4, -0.2) is 39.1 Å². The molecule has 0 aliphatic rings. The van der Waals surface area contributed by atoms with Gasteiger partial charge in [0.1, 0.15) is 5.25 Å². The molecule has 2 amide bonds. The van der Waals surface area contributed by atoms with Crippen LogP contribution in [0.25, 0.3) is 0 Å². The maximum atomic E-state index is 12.0. The number of urea groups is 1. The van der Waals surface area contributed by atoms with Gasteiger partial charge in [-0.25, -0.2) is 15.2 Å². The smallest absolute Gasteiger partial charge is 0.332 e.